The smallest absolute Gasteiger partial charge is 0.0856 e. The third-order valence-corrected chi connectivity index (χ3v) is 5.72. The van der Waals surface area contributed by atoms with E-state index in [1.54, 1.807) is 0 Å². The summed E-state index contributed by atoms with van der Waals surface area (Å²) in [6, 6.07) is 0. The topological polar surface area (TPSA) is 18.5 Å². The summed E-state index contributed by atoms with van der Waals surface area (Å²) in [7, 11) is 0. The molecule has 107 valence electrons. The summed E-state index contributed by atoms with van der Waals surface area (Å²) in [5.74, 6) is 1.85. The SMILES string of the molecule is [CH2-][C@@H]1O[C@@]2(C)CC[C@H]3[C@H](C)CCC([CH-]C)[C@@]13OC2.[Y]. The van der Waals surface area contributed by atoms with Gasteiger partial charge in [-0.1, -0.05) is 19.8 Å². The van der Waals surface area contributed by atoms with E-state index in [2.05, 4.69) is 34.1 Å². The van der Waals surface area contributed by atoms with Crippen molar-refractivity contribution < 1.29 is 42.2 Å². The van der Waals surface area contributed by atoms with E-state index < -0.39 is 0 Å². The standard InChI is InChI=1S/C16H26O2.Y/c1-5-13-7-6-11(2)14-8-9-15(4)10-17-16(13,14)12(3)18-15;/h5,11-14H,3,6-10H2,1-2,4H3;/q-2;/t11-,12+,13?,14+,15+,16+;/m1./s1. The van der Waals surface area contributed by atoms with Crippen LogP contribution in [0.15, 0.2) is 0 Å². The van der Waals surface area contributed by atoms with Crippen LogP contribution in [0.2, 0.25) is 0 Å². The molecule has 1 unspecified atom stereocenters. The molecule has 6 atom stereocenters. The molecule has 1 aliphatic carbocycles. The van der Waals surface area contributed by atoms with Crippen LogP contribution in [0.1, 0.15) is 46.5 Å². The predicted octanol–water partition coefficient (Wildman–Crippen LogP) is 3.41. The Hall–Kier alpha value is 1.02. The maximum Gasteiger partial charge on any atom is 0.0856 e. The van der Waals surface area contributed by atoms with Gasteiger partial charge in [0.05, 0.1) is 12.2 Å². The van der Waals surface area contributed by atoms with E-state index in [0.717, 1.165) is 18.9 Å². The van der Waals surface area contributed by atoms with Crippen LogP contribution in [-0.4, -0.2) is 23.9 Å². The van der Waals surface area contributed by atoms with Gasteiger partial charge in [-0.25, -0.2) is 0 Å². The Balaban J connectivity index is 0.00000133. The Morgan fingerprint density at radius 2 is 2.00 bits per heavy atom. The first-order chi connectivity index (χ1) is 8.52. The van der Waals surface area contributed by atoms with Crippen molar-refractivity contribution in [3.05, 3.63) is 13.3 Å². The van der Waals surface area contributed by atoms with Crippen molar-refractivity contribution in [2.24, 2.45) is 17.8 Å². The van der Waals surface area contributed by atoms with E-state index in [0.29, 0.717) is 11.8 Å². The normalized spacial score (nSPS) is 53.1. The number of rotatable bonds is 1. The minimum Gasteiger partial charge on any atom is -0.399 e. The van der Waals surface area contributed by atoms with Crippen LogP contribution in [0.5, 0.6) is 0 Å². The fraction of sp³-hybridized carbons (Fsp3) is 0.875. The minimum atomic E-state index is -0.150. The first-order valence-corrected chi connectivity index (χ1v) is 7.46. The quantitative estimate of drug-likeness (QED) is 0.682. The third-order valence-electron chi connectivity index (χ3n) is 5.72. The number of ether oxygens (including phenoxy) is 2. The molecule has 0 aromatic carbocycles. The summed E-state index contributed by atoms with van der Waals surface area (Å²) in [6.07, 6.45) is 7.19. The molecule has 0 aromatic heterocycles. The summed E-state index contributed by atoms with van der Waals surface area (Å²) in [5, 5.41) is 0. The maximum atomic E-state index is 6.46. The molecule has 0 N–H and O–H groups in total. The molecule has 4 aliphatic rings. The van der Waals surface area contributed by atoms with E-state index in [-0.39, 0.29) is 50.0 Å². The van der Waals surface area contributed by atoms with Gasteiger partial charge in [0.1, 0.15) is 0 Å². The van der Waals surface area contributed by atoms with Crippen molar-refractivity contribution in [1.82, 2.24) is 0 Å². The van der Waals surface area contributed by atoms with Gasteiger partial charge in [-0.2, -0.15) is 6.92 Å². The number of hydrogen-bond acceptors (Lipinski definition) is 2. The van der Waals surface area contributed by atoms with Crippen LogP contribution < -0.4 is 0 Å². The molecule has 2 nitrogen and oxygen atoms in total. The molecule has 1 spiro atoms. The van der Waals surface area contributed by atoms with Gasteiger partial charge in [-0.15, -0.1) is 5.92 Å². The van der Waals surface area contributed by atoms with Gasteiger partial charge >= 0.3 is 0 Å². The maximum absolute atomic E-state index is 6.46. The summed E-state index contributed by atoms with van der Waals surface area (Å²) < 4.78 is 12.7. The minimum absolute atomic E-state index is 0. The average molecular weight is 339 g/mol. The van der Waals surface area contributed by atoms with Crippen LogP contribution in [0.25, 0.3) is 0 Å². The first-order valence-electron chi connectivity index (χ1n) is 7.46. The van der Waals surface area contributed by atoms with Crippen molar-refractivity contribution in [3.63, 3.8) is 0 Å². The van der Waals surface area contributed by atoms with Crippen LogP contribution >= 0.6 is 0 Å². The van der Waals surface area contributed by atoms with Crippen LogP contribution in [0.3, 0.4) is 0 Å². The molecule has 4 fully saturated rings. The Bertz CT molecular complexity index is 335. The second-order valence-electron chi connectivity index (χ2n) is 6.84. The Morgan fingerprint density at radius 3 is 2.63 bits per heavy atom. The van der Waals surface area contributed by atoms with Gasteiger partial charge in [0.25, 0.3) is 0 Å². The van der Waals surface area contributed by atoms with E-state index in [9.17, 15) is 0 Å². The summed E-state index contributed by atoms with van der Waals surface area (Å²) >= 11 is 0. The molecular formula is C16H26O2Y-2. The largest absolute Gasteiger partial charge is 0.399 e. The van der Waals surface area contributed by atoms with E-state index in [1.807, 2.05) is 0 Å². The van der Waals surface area contributed by atoms with Gasteiger partial charge in [-0.05, 0) is 37.7 Å². The van der Waals surface area contributed by atoms with Gasteiger partial charge < -0.3 is 22.8 Å². The van der Waals surface area contributed by atoms with Gasteiger partial charge in [-0.3, -0.25) is 0 Å². The first kappa shape index (κ1) is 16.4. The zero-order chi connectivity index (χ0) is 13.0. The summed E-state index contributed by atoms with van der Waals surface area (Å²) in [6.45, 7) is 11.8. The molecule has 2 bridgehead atoms. The number of fused-ring (bicyclic) bond motifs is 3. The molecule has 1 radical (unpaired) electrons. The van der Waals surface area contributed by atoms with Crippen LogP contribution in [0.4, 0.5) is 0 Å². The van der Waals surface area contributed by atoms with Crippen molar-refractivity contribution in [1.29, 1.82) is 0 Å². The Morgan fingerprint density at radius 1 is 1.26 bits per heavy atom. The van der Waals surface area contributed by atoms with E-state index in [4.69, 9.17) is 9.47 Å². The van der Waals surface area contributed by atoms with Crippen molar-refractivity contribution in [3.8, 4) is 0 Å². The monoisotopic (exact) mass is 339 g/mol. The fourth-order valence-corrected chi connectivity index (χ4v) is 4.65. The summed E-state index contributed by atoms with van der Waals surface area (Å²) in [4.78, 5) is 0. The molecule has 0 amide bonds. The van der Waals surface area contributed by atoms with Crippen molar-refractivity contribution in [2.45, 2.75) is 63.8 Å². The van der Waals surface area contributed by atoms with Crippen molar-refractivity contribution >= 4 is 0 Å². The third kappa shape index (κ3) is 2.39. The van der Waals surface area contributed by atoms with Gasteiger partial charge in [0.15, 0.2) is 0 Å². The molecule has 3 aliphatic heterocycles. The second kappa shape index (κ2) is 5.67. The average Bonchev–Trinajstić information content (AvgIpc) is 2.55. The molecule has 3 heteroatoms. The zero-order valence-corrected chi connectivity index (χ0v) is 15.4. The van der Waals surface area contributed by atoms with Gasteiger partial charge in [0.2, 0.25) is 0 Å². The molecule has 3 heterocycles. The molecular weight excluding hydrogens is 313 g/mol. The second-order valence-corrected chi connectivity index (χ2v) is 6.84. The molecule has 19 heavy (non-hydrogen) atoms. The van der Waals surface area contributed by atoms with E-state index >= 15 is 0 Å². The van der Waals surface area contributed by atoms with Crippen LogP contribution in [-0.2, 0) is 42.2 Å². The van der Waals surface area contributed by atoms with Crippen molar-refractivity contribution in [2.75, 3.05) is 6.61 Å². The Labute approximate surface area is 143 Å². The Kier molecular flexibility index (Phi) is 4.89. The fourth-order valence-electron chi connectivity index (χ4n) is 4.65. The molecule has 4 rings (SSSR count). The molecule has 3 saturated heterocycles. The molecule has 1 saturated carbocycles. The van der Waals surface area contributed by atoms with E-state index in [1.165, 1.54) is 19.3 Å². The molecule has 0 aromatic rings. The number of hydrogen-bond donors (Lipinski definition) is 0. The van der Waals surface area contributed by atoms with Crippen LogP contribution in [0, 0.1) is 31.1 Å². The predicted molar refractivity (Wildman–Crippen MR) is 71.9 cm³/mol. The summed E-state index contributed by atoms with van der Waals surface area (Å²) in [5.41, 5.74) is -0.255. The zero-order valence-electron chi connectivity index (χ0n) is 12.5. The van der Waals surface area contributed by atoms with Gasteiger partial charge in [0, 0.05) is 38.3 Å².